The summed E-state index contributed by atoms with van der Waals surface area (Å²) < 4.78 is 10.9. The number of aryl methyl sites for hydroxylation is 2. The van der Waals surface area contributed by atoms with Crippen molar-refractivity contribution in [1.82, 2.24) is 10.1 Å². The minimum Gasteiger partial charge on any atom is -0.376 e. The van der Waals surface area contributed by atoms with Crippen molar-refractivity contribution in [2.24, 2.45) is 0 Å². The summed E-state index contributed by atoms with van der Waals surface area (Å²) in [7, 11) is 0. The molecule has 0 aliphatic carbocycles. The SMILES string of the molecule is Cc1noc(-c2c(NC(=O)/C=C/c3ccccc3C)sc3c2CCOC3)n1. The zero-order valence-corrected chi connectivity index (χ0v) is 15.9. The molecule has 3 aromatic rings. The van der Waals surface area contributed by atoms with Crippen LogP contribution in [0, 0.1) is 13.8 Å². The molecular formula is C20H19N3O3S. The van der Waals surface area contributed by atoms with Gasteiger partial charge in [-0.15, -0.1) is 11.3 Å². The highest BCUT2D eigenvalue weighted by Crippen LogP contribution is 2.42. The fraction of sp³-hybridized carbons (Fsp3) is 0.250. The van der Waals surface area contributed by atoms with Crippen LogP contribution < -0.4 is 5.32 Å². The number of carbonyl (C=O) groups excluding carboxylic acids is 1. The zero-order valence-electron chi connectivity index (χ0n) is 15.1. The molecule has 0 bridgehead atoms. The van der Waals surface area contributed by atoms with Gasteiger partial charge in [0.25, 0.3) is 5.89 Å². The van der Waals surface area contributed by atoms with Crippen LogP contribution in [0.25, 0.3) is 17.5 Å². The highest BCUT2D eigenvalue weighted by molar-refractivity contribution is 7.17. The Labute approximate surface area is 160 Å². The van der Waals surface area contributed by atoms with E-state index in [4.69, 9.17) is 9.26 Å². The van der Waals surface area contributed by atoms with E-state index in [9.17, 15) is 4.79 Å². The Hall–Kier alpha value is -2.77. The first kappa shape index (κ1) is 17.6. The molecule has 1 amide bonds. The number of ether oxygens (including phenoxy) is 1. The van der Waals surface area contributed by atoms with Gasteiger partial charge in [0.2, 0.25) is 5.91 Å². The largest absolute Gasteiger partial charge is 0.376 e. The van der Waals surface area contributed by atoms with Gasteiger partial charge in [0.1, 0.15) is 5.00 Å². The molecule has 0 fully saturated rings. The Balaban J connectivity index is 1.63. The molecule has 0 unspecified atom stereocenters. The number of benzene rings is 1. The molecule has 0 radical (unpaired) electrons. The molecule has 4 rings (SSSR count). The van der Waals surface area contributed by atoms with Gasteiger partial charge in [0.05, 0.1) is 18.8 Å². The third-order valence-electron chi connectivity index (χ3n) is 4.40. The number of hydrogen-bond acceptors (Lipinski definition) is 6. The molecule has 7 heteroatoms. The van der Waals surface area contributed by atoms with Crippen molar-refractivity contribution < 1.29 is 14.1 Å². The van der Waals surface area contributed by atoms with Gasteiger partial charge in [-0.05, 0) is 43.0 Å². The van der Waals surface area contributed by atoms with Crippen LogP contribution in [0.4, 0.5) is 5.00 Å². The average molecular weight is 381 g/mol. The van der Waals surface area contributed by atoms with E-state index in [-0.39, 0.29) is 5.91 Å². The molecule has 0 atom stereocenters. The zero-order chi connectivity index (χ0) is 18.8. The molecule has 3 heterocycles. The smallest absolute Gasteiger partial charge is 0.261 e. The normalized spacial score (nSPS) is 13.7. The van der Waals surface area contributed by atoms with Gasteiger partial charge < -0.3 is 14.6 Å². The molecule has 1 aromatic carbocycles. The summed E-state index contributed by atoms with van der Waals surface area (Å²) in [6.45, 7) is 4.97. The van der Waals surface area contributed by atoms with E-state index in [2.05, 4.69) is 15.5 Å². The average Bonchev–Trinajstić information content (AvgIpc) is 3.23. The van der Waals surface area contributed by atoms with E-state index in [0.29, 0.717) is 29.9 Å². The number of carbonyl (C=O) groups is 1. The fourth-order valence-corrected chi connectivity index (χ4v) is 4.22. The quantitative estimate of drug-likeness (QED) is 0.687. The van der Waals surface area contributed by atoms with Gasteiger partial charge in [-0.25, -0.2) is 0 Å². The number of fused-ring (bicyclic) bond motifs is 1. The van der Waals surface area contributed by atoms with Crippen LogP contribution in [0.5, 0.6) is 0 Å². The van der Waals surface area contributed by atoms with Crippen molar-refractivity contribution in [3.05, 3.63) is 57.7 Å². The number of anilines is 1. The lowest BCUT2D eigenvalue weighted by Gasteiger charge is -2.12. The van der Waals surface area contributed by atoms with E-state index >= 15 is 0 Å². The number of hydrogen-bond donors (Lipinski definition) is 1. The summed E-state index contributed by atoms with van der Waals surface area (Å²) >= 11 is 1.50. The van der Waals surface area contributed by atoms with E-state index in [1.807, 2.05) is 37.3 Å². The van der Waals surface area contributed by atoms with Crippen molar-refractivity contribution in [3.8, 4) is 11.5 Å². The third-order valence-corrected chi connectivity index (χ3v) is 5.52. The summed E-state index contributed by atoms with van der Waals surface area (Å²) in [4.78, 5) is 18.0. The van der Waals surface area contributed by atoms with Crippen LogP contribution in [0.2, 0.25) is 0 Å². The van der Waals surface area contributed by atoms with Crippen molar-refractivity contribution in [3.63, 3.8) is 0 Å². The minimum absolute atomic E-state index is 0.199. The lowest BCUT2D eigenvalue weighted by Crippen LogP contribution is -2.09. The summed E-state index contributed by atoms with van der Waals surface area (Å²) in [6, 6.07) is 7.92. The predicted molar refractivity (Wildman–Crippen MR) is 105 cm³/mol. The van der Waals surface area contributed by atoms with Crippen LogP contribution in [-0.2, 0) is 22.6 Å². The van der Waals surface area contributed by atoms with Crippen LogP contribution in [0.15, 0.2) is 34.9 Å². The summed E-state index contributed by atoms with van der Waals surface area (Å²) in [5.41, 5.74) is 4.07. The van der Waals surface area contributed by atoms with E-state index in [0.717, 1.165) is 33.6 Å². The van der Waals surface area contributed by atoms with Gasteiger partial charge in [-0.2, -0.15) is 4.98 Å². The number of nitrogens with zero attached hydrogens (tertiary/aromatic N) is 2. The van der Waals surface area contributed by atoms with Crippen molar-refractivity contribution >= 4 is 28.3 Å². The van der Waals surface area contributed by atoms with Gasteiger partial charge in [0.15, 0.2) is 5.82 Å². The predicted octanol–water partition coefficient (Wildman–Crippen LogP) is 4.14. The molecule has 1 N–H and O–H groups in total. The lowest BCUT2D eigenvalue weighted by molar-refractivity contribution is -0.111. The molecule has 1 aliphatic heterocycles. The Morgan fingerprint density at radius 2 is 2.15 bits per heavy atom. The van der Waals surface area contributed by atoms with E-state index < -0.39 is 0 Å². The van der Waals surface area contributed by atoms with Crippen LogP contribution in [0.1, 0.15) is 27.4 Å². The third kappa shape index (κ3) is 3.70. The molecular weight excluding hydrogens is 362 g/mol. The maximum absolute atomic E-state index is 12.5. The highest BCUT2D eigenvalue weighted by Gasteiger charge is 2.26. The van der Waals surface area contributed by atoms with Gasteiger partial charge >= 0.3 is 0 Å². The second-order valence-corrected chi connectivity index (χ2v) is 7.44. The molecule has 0 saturated heterocycles. The molecule has 0 saturated carbocycles. The number of aromatic nitrogens is 2. The first-order valence-corrected chi connectivity index (χ1v) is 9.51. The lowest BCUT2D eigenvalue weighted by atomic mass is 10.1. The van der Waals surface area contributed by atoms with Crippen molar-refractivity contribution in [2.75, 3.05) is 11.9 Å². The Kier molecular flexibility index (Phi) is 4.87. The van der Waals surface area contributed by atoms with Crippen molar-refractivity contribution in [1.29, 1.82) is 0 Å². The second kappa shape index (κ2) is 7.46. The first-order valence-electron chi connectivity index (χ1n) is 8.69. The van der Waals surface area contributed by atoms with E-state index in [1.54, 1.807) is 13.0 Å². The molecule has 0 spiro atoms. The fourth-order valence-electron chi connectivity index (χ4n) is 3.04. The monoisotopic (exact) mass is 381 g/mol. The Bertz CT molecular complexity index is 1020. The number of nitrogens with one attached hydrogen (secondary N) is 1. The topological polar surface area (TPSA) is 77.2 Å². The number of thiophene rings is 1. The first-order chi connectivity index (χ1) is 13.1. The maximum atomic E-state index is 12.5. The van der Waals surface area contributed by atoms with Crippen molar-refractivity contribution in [2.45, 2.75) is 26.9 Å². The molecule has 1 aliphatic rings. The Morgan fingerprint density at radius 1 is 1.30 bits per heavy atom. The second-order valence-electron chi connectivity index (χ2n) is 6.34. The van der Waals surface area contributed by atoms with Gasteiger partial charge in [-0.1, -0.05) is 29.4 Å². The standard InChI is InChI=1S/C20H19N3O3S/c1-12-5-3-4-6-14(12)7-8-17(24)22-20-18(19-21-13(2)23-26-19)15-9-10-25-11-16(15)27-20/h3-8H,9-11H2,1-2H3,(H,22,24)/b8-7+. The number of amides is 1. The molecule has 6 nitrogen and oxygen atoms in total. The van der Waals surface area contributed by atoms with Gasteiger partial charge in [-0.3, -0.25) is 4.79 Å². The molecule has 138 valence electrons. The summed E-state index contributed by atoms with van der Waals surface area (Å²) in [5.74, 6) is 0.800. The summed E-state index contributed by atoms with van der Waals surface area (Å²) in [5, 5.41) is 7.58. The number of rotatable bonds is 4. The highest BCUT2D eigenvalue weighted by atomic mass is 32.1. The Morgan fingerprint density at radius 3 is 2.93 bits per heavy atom. The van der Waals surface area contributed by atoms with Crippen LogP contribution in [0.3, 0.4) is 0 Å². The molecule has 27 heavy (non-hydrogen) atoms. The minimum atomic E-state index is -0.199. The van der Waals surface area contributed by atoms with E-state index in [1.165, 1.54) is 11.3 Å². The molecule has 2 aromatic heterocycles. The summed E-state index contributed by atoms with van der Waals surface area (Å²) in [6.07, 6.45) is 4.12. The van der Waals surface area contributed by atoms with Crippen LogP contribution in [-0.4, -0.2) is 22.7 Å². The maximum Gasteiger partial charge on any atom is 0.261 e. The van der Waals surface area contributed by atoms with Crippen LogP contribution >= 0.6 is 11.3 Å². The van der Waals surface area contributed by atoms with Gasteiger partial charge in [0, 0.05) is 11.0 Å².